The van der Waals surface area contributed by atoms with Crippen LogP contribution in [0, 0.1) is 18.3 Å². The van der Waals surface area contributed by atoms with Gasteiger partial charge in [0.25, 0.3) is 0 Å². The van der Waals surface area contributed by atoms with Crippen molar-refractivity contribution in [3.8, 4) is 17.6 Å². The molecule has 2 aromatic rings. The Morgan fingerprint density at radius 2 is 1.95 bits per heavy atom. The van der Waals surface area contributed by atoms with E-state index >= 15 is 0 Å². The molecular formula is C17H14ClNO2. The number of nitriles is 1. The summed E-state index contributed by atoms with van der Waals surface area (Å²) in [6, 6.07) is 13.1. The second-order valence-corrected chi connectivity index (χ2v) is 5.00. The van der Waals surface area contributed by atoms with Crippen LogP contribution in [-0.2, 0) is 0 Å². The lowest BCUT2D eigenvalue weighted by Crippen LogP contribution is -1.87. The van der Waals surface area contributed by atoms with Gasteiger partial charge in [-0.05, 0) is 36.3 Å². The summed E-state index contributed by atoms with van der Waals surface area (Å²) in [5.41, 5.74) is 3.15. The fourth-order valence-electron chi connectivity index (χ4n) is 1.91. The van der Waals surface area contributed by atoms with E-state index in [1.54, 1.807) is 18.2 Å². The van der Waals surface area contributed by atoms with Gasteiger partial charge >= 0.3 is 0 Å². The molecule has 4 heteroatoms. The summed E-state index contributed by atoms with van der Waals surface area (Å²) in [6.07, 6.45) is 1.71. The van der Waals surface area contributed by atoms with Crippen molar-refractivity contribution in [2.45, 2.75) is 6.92 Å². The average molecular weight is 300 g/mol. The van der Waals surface area contributed by atoms with E-state index < -0.39 is 0 Å². The Kier molecular flexibility index (Phi) is 4.52. The molecule has 0 unspecified atom stereocenters. The van der Waals surface area contributed by atoms with Gasteiger partial charge in [-0.3, -0.25) is 0 Å². The van der Waals surface area contributed by atoms with E-state index in [0.717, 1.165) is 11.1 Å². The van der Waals surface area contributed by atoms with Gasteiger partial charge in [0.05, 0.1) is 23.8 Å². The fourth-order valence-corrected chi connectivity index (χ4v) is 2.13. The average Bonchev–Trinajstić information content (AvgIpc) is 2.49. The Morgan fingerprint density at radius 1 is 1.29 bits per heavy atom. The molecule has 0 saturated heterocycles. The molecule has 0 aliphatic carbocycles. The Balaban J connectivity index is 2.48. The number of ether oxygens (including phenoxy) is 1. The third kappa shape index (κ3) is 3.36. The maximum absolute atomic E-state index is 9.72. The predicted molar refractivity (Wildman–Crippen MR) is 84.3 cm³/mol. The summed E-state index contributed by atoms with van der Waals surface area (Å²) in [4.78, 5) is 0. The van der Waals surface area contributed by atoms with Gasteiger partial charge in [0.15, 0.2) is 11.5 Å². The van der Waals surface area contributed by atoms with Gasteiger partial charge in [-0.2, -0.15) is 5.26 Å². The van der Waals surface area contributed by atoms with Crippen molar-refractivity contribution in [2.24, 2.45) is 0 Å². The van der Waals surface area contributed by atoms with Crippen molar-refractivity contribution in [1.29, 1.82) is 5.26 Å². The molecule has 0 heterocycles. The maximum Gasteiger partial charge on any atom is 0.176 e. The van der Waals surface area contributed by atoms with Crippen molar-refractivity contribution in [3.63, 3.8) is 0 Å². The number of allylic oxidation sites excluding steroid dienone is 1. The summed E-state index contributed by atoms with van der Waals surface area (Å²) >= 11 is 5.95. The molecule has 3 nitrogen and oxygen atoms in total. The van der Waals surface area contributed by atoms with E-state index in [0.29, 0.717) is 11.1 Å². The van der Waals surface area contributed by atoms with Gasteiger partial charge in [0, 0.05) is 0 Å². The molecule has 1 N–H and O–H groups in total. The highest BCUT2D eigenvalue weighted by molar-refractivity contribution is 6.32. The minimum atomic E-state index is -0.106. The third-order valence-corrected chi connectivity index (χ3v) is 3.35. The molecule has 0 bridgehead atoms. The van der Waals surface area contributed by atoms with Crippen LogP contribution in [0.15, 0.2) is 36.4 Å². The number of phenolic OH excluding ortho intramolecular Hbond substituents is 1. The maximum atomic E-state index is 9.72. The van der Waals surface area contributed by atoms with Crippen LogP contribution in [0.2, 0.25) is 5.02 Å². The second kappa shape index (κ2) is 6.34. The number of rotatable bonds is 3. The van der Waals surface area contributed by atoms with Gasteiger partial charge in [0.1, 0.15) is 0 Å². The van der Waals surface area contributed by atoms with Crippen molar-refractivity contribution in [3.05, 3.63) is 58.1 Å². The van der Waals surface area contributed by atoms with Gasteiger partial charge in [-0.1, -0.05) is 41.4 Å². The summed E-state index contributed by atoms with van der Waals surface area (Å²) in [5, 5.41) is 19.2. The number of methoxy groups -OCH3 is 1. The number of halogens is 1. The molecule has 0 spiro atoms. The largest absolute Gasteiger partial charge is 0.503 e. The van der Waals surface area contributed by atoms with Crippen LogP contribution in [0.1, 0.15) is 16.7 Å². The lowest BCUT2D eigenvalue weighted by Gasteiger charge is -2.07. The highest BCUT2D eigenvalue weighted by atomic mass is 35.5. The molecule has 106 valence electrons. The zero-order valence-electron chi connectivity index (χ0n) is 11.7. The summed E-state index contributed by atoms with van der Waals surface area (Å²) < 4.78 is 5.06. The van der Waals surface area contributed by atoms with E-state index in [1.165, 1.54) is 7.11 Å². The Bertz CT molecular complexity index is 728. The van der Waals surface area contributed by atoms with Gasteiger partial charge in [0.2, 0.25) is 0 Å². The Labute approximate surface area is 128 Å². The molecule has 2 rings (SSSR count). The number of aryl methyl sites for hydroxylation is 1. The molecule has 0 amide bonds. The van der Waals surface area contributed by atoms with Crippen LogP contribution in [0.5, 0.6) is 11.5 Å². The van der Waals surface area contributed by atoms with Crippen molar-refractivity contribution < 1.29 is 9.84 Å². The predicted octanol–water partition coefficient (Wildman–Crippen LogP) is 4.43. The standard InChI is InChI=1S/C17H14ClNO2/c1-11-3-5-13(6-4-11)14(10-19)7-12-8-15(18)17(20)16(9-12)21-2/h3-9,20H,1-2H3/b14-7+. The van der Waals surface area contributed by atoms with E-state index in [4.69, 9.17) is 16.3 Å². The number of hydrogen-bond acceptors (Lipinski definition) is 3. The summed E-state index contributed by atoms with van der Waals surface area (Å²) in [7, 11) is 1.45. The van der Waals surface area contributed by atoms with Crippen molar-refractivity contribution >= 4 is 23.3 Å². The molecule has 0 fully saturated rings. The number of nitrogens with zero attached hydrogens (tertiary/aromatic N) is 1. The van der Waals surface area contributed by atoms with E-state index in [9.17, 15) is 10.4 Å². The van der Waals surface area contributed by atoms with Gasteiger partial charge < -0.3 is 9.84 Å². The Hall–Kier alpha value is -2.44. The van der Waals surface area contributed by atoms with Gasteiger partial charge in [-0.25, -0.2) is 0 Å². The third-order valence-electron chi connectivity index (χ3n) is 3.06. The van der Waals surface area contributed by atoms with Crippen molar-refractivity contribution in [1.82, 2.24) is 0 Å². The molecule has 0 radical (unpaired) electrons. The van der Waals surface area contributed by atoms with Crippen LogP contribution in [-0.4, -0.2) is 12.2 Å². The lowest BCUT2D eigenvalue weighted by atomic mass is 10.0. The van der Waals surface area contributed by atoms with Gasteiger partial charge in [-0.15, -0.1) is 0 Å². The van der Waals surface area contributed by atoms with Crippen LogP contribution in [0.3, 0.4) is 0 Å². The zero-order valence-corrected chi connectivity index (χ0v) is 12.5. The number of phenols is 1. The first-order chi connectivity index (χ1) is 10.0. The highest BCUT2D eigenvalue weighted by Crippen LogP contribution is 2.36. The van der Waals surface area contributed by atoms with E-state index in [1.807, 2.05) is 31.2 Å². The summed E-state index contributed by atoms with van der Waals surface area (Å²) in [5.74, 6) is 0.167. The van der Waals surface area contributed by atoms with Crippen LogP contribution < -0.4 is 4.74 Å². The minimum Gasteiger partial charge on any atom is -0.503 e. The van der Waals surface area contributed by atoms with Crippen molar-refractivity contribution in [2.75, 3.05) is 7.11 Å². The normalized spacial score (nSPS) is 11.0. The first-order valence-electron chi connectivity index (χ1n) is 6.30. The van der Waals surface area contributed by atoms with Crippen LogP contribution in [0.4, 0.5) is 0 Å². The first kappa shape index (κ1) is 15.0. The highest BCUT2D eigenvalue weighted by Gasteiger charge is 2.09. The monoisotopic (exact) mass is 299 g/mol. The van der Waals surface area contributed by atoms with Crippen LogP contribution >= 0.6 is 11.6 Å². The molecule has 0 saturated carbocycles. The zero-order chi connectivity index (χ0) is 15.4. The quantitative estimate of drug-likeness (QED) is 0.674. The lowest BCUT2D eigenvalue weighted by molar-refractivity contribution is 0.373. The second-order valence-electron chi connectivity index (χ2n) is 4.59. The number of aromatic hydroxyl groups is 1. The molecule has 0 aromatic heterocycles. The fraction of sp³-hybridized carbons (Fsp3) is 0.118. The summed E-state index contributed by atoms with van der Waals surface area (Å²) in [6.45, 7) is 1.99. The number of benzene rings is 2. The molecule has 21 heavy (non-hydrogen) atoms. The molecule has 0 aliphatic heterocycles. The molecule has 0 aliphatic rings. The van der Waals surface area contributed by atoms with E-state index in [2.05, 4.69) is 6.07 Å². The SMILES string of the molecule is COc1cc(/C=C(\C#N)c2ccc(C)cc2)cc(Cl)c1O. The smallest absolute Gasteiger partial charge is 0.176 e. The van der Waals surface area contributed by atoms with Crippen LogP contribution in [0.25, 0.3) is 11.6 Å². The molecule has 0 atom stereocenters. The Morgan fingerprint density at radius 3 is 2.52 bits per heavy atom. The first-order valence-corrected chi connectivity index (χ1v) is 6.68. The molecular weight excluding hydrogens is 286 g/mol. The molecule has 2 aromatic carbocycles. The topological polar surface area (TPSA) is 53.2 Å². The minimum absolute atomic E-state index is 0.106. The number of hydrogen-bond donors (Lipinski definition) is 1. The van der Waals surface area contributed by atoms with E-state index in [-0.39, 0.29) is 16.5 Å².